The highest BCUT2D eigenvalue weighted by molar-refractivity contribution is 7.19. The maximum Gasteiger partial charge on any atom is 0.352 e. The van der Waals surface area contributed by atoms with Crippen LogP contribution in [0.5, 0.6) is 5.75 Å². The predicted molar refractivity (Wildman–Crippen MR) is 134 cm³/mol. The molecule has 0 saturated heterocycles. The minimum Gasteiger partial charge on any atom is -0.497 e. The highest BCUT2D eigenvalue weighted by atomic mass is 32.1. The van der Waals surface area contributed by atoms with Crippen LogP contribution in [0.4, 0.5) is 0 Å². The molecule has 5 heterocycles. The van der Waals surface area contributed by atoms with E-state index in [1.807, 2.05) is 41.2 Å². The second-order valence-corrected chi connectivity index (χ2v) is 9.30. The minimum absolute atomic E-state index is 0. The Bertz CT molecular complexity index is 1500. The van der Waals surface area contributed by atoms with E-state index < -0.39 is 0 Å². The largest absolute Gasteiger partial charge is 0.497 e. The van der Waals surface area contributed by atoms with Gasteiger partial charge in [-0.05, 0) is 47.4 Å². The van der Waals surface area contributed by atoms with Gasteiger partial charge in [-0.2, -0.15) is 9.61 Å². The van der Waals surface area contributed by atoms with Crippen molar-refractivity contribution in [1.29, 1.82) is 0 Å². The molecule has 0 radical (unpaired) electrons. The molecule has 0 atom stereocenters. The summed E-state index contributed by atoms with van der Waals surface area (Å²) in [4.78, 5) is 26.6. The lowest BCUT2D eigenvalue weighted by molar-refractivity contribution is 0.249. The minimum atomic E-state index is -0.168. The number of thiophene rings is 1. The van der Waals surface area contributed by atoms with E-state index in [1.54, 1.807) is 18.4 Å². The quantitative estimate of drug-likeness (QED) is 0.386. The lowest BCUT2D eigenvalue weighted by Crippen LogP contribution is -2.29. The fourth-order valence-electron chi connectivity index (χ4n) is 4.55. The average Bonchev–Trinajstić information content (AvgIpc) is 3.47. The van der Waals surface area contributed by atoms with Crippen LogP contribution >= 0.6 is 11.3 Å². The zero-order chi connectivity index (χ0) is 22.4. The van der Waals surface area contributed by atoms with Crippen molar-refractivity contribution in [3.63, 3.8) is 0 Å². The third kappa shape index (κ3) is 3.76. The molecule has 174 valence electrons. The van der Waals surface area contributed by atoms with Crippen molar-refractivity contribution in [3.05, 3.63) is 87.2 Å². The molecule has 0 N–H and O–H groups in total. The molecule has 0 bridgehead atoms. The number of nitrogens with zero attached hydrogens (tertiary/aromatic N) is 6. The molecular formula is C25H26N6O2S. The van der Waals surface area contributed by atoms with Gasteiger partial charge in [0.15, 0.2) is 5.65 Å². The van der Waals surface area contributed by atoms with Gasteiger partial charge >= 0.3 is 5.69 Å². The Morgan fingerprint density at radius 3 is 2.59 bits per heavy atom. The van der Waals surface area contributed by atoms with Gasteiger partial charge in [-0.25, -0.2) is 9.78 Å². The lowest BCUT2D eigenvalue weighted by Gasteiger charge is -2.26. The Morgan fingerprint density at radius 1 is 1.06 bits per heavy atom. The van der Waals surface area contributed by atoms with Crippen LogP contribution in [0.3, 0.4) is 0 Å². The van der Waals surface area contributed by atoms with Crippen molar-refractivity contribution in [2.24, 2.45) is 0 Å². The monoisotopic (exact) mass is 474 g/mol. The fraction of sp³-hybridized carbons (Fsp3) is 0.280. The molecule has 1 aliphatic rings. The Hall–Kier alpha value is -3.56. The Labute approximate surface area is 201 Å². The average molecular weight is 475 g/mol. The molecule has 6 rings (SSSR count). The van der Waals surface area contributed by atoms with Crippen molar-refractivity contribution >= 4 is 27.2 Å². The first-order valence-electron chi connectivity index (χ1n) is 10.8. The number of rotatable bonds is 5. The van der Waals surface area contributed by atoms with Crippen LogP contribution in [0.15, 0.2) is 59.9 Å². The van der Waals surface area contributed by atoms with Crippen LogP contribution in [0, 0.1) is 0 Å². The van der Waals surface area contributed by atoms with Crippen molar-refractivity contribution in [3.8, 4) is 5.75 Å². The molecular weight excluding hydrogens is 448 g/mol. The Kier molecular flexibility index (Phi) is 5.89. The van der Waals surface area contributed by atoms with Crippen LogP contribution in [-0.2, 0) is 26.1 Å². The number of pyridine rings is 1. The van der Waals surface area contributed by atoms with E-state index >= 15 is 0 Å². The third-order valence-corrected chi connectivity index (χ3v) is 7.44. The lowest BCUT2D eigenvalue weighted by atomic mass is 10.0. The standard InChI is InChI=1S/C24H22N6O2S.CH4/c1-32-18-4-2-16(3-5-18)13-29-23-21(22-26-15-27-30(22)24(29)31)19-8-11-28(14-20(19)33-23)12-17-6-9-25-10-7-17;/h2-7,9-10,15H,8,11-14H2,1H3;1H4. The zero-order valence-electron chi connectivity index (χ0n) is 18.1. The summed E-state index contributed by atoms with van der Waals surface area (Å²) in [5.74, 6) is 0.795. The first-order valence-corrected chi connectivity index (χ1v) is 11.6. The van der Waals surface area contributed by atoms with E-state index in [4.69, 9.17) is 4.74 Å². The van der Waals surface area contributed by atoms with Crippen LogP contribution in [-0.4, -0.2) is 42.7 Å². The summed E-state index contributed by atoms with van der Waals surface area (Å²) >= 11 is 1.70. The molecule has 4 aromatic heterocycles. The van der Waals surface area contributed by atoms with Crippen LogP contribution in [0.25, 0.3) is 15.9 Å². The highest BCUT2D eigenvalue weighted by Crippen LogP contribution is 2.37. The first kappa shape index (κ1) is 22.2. The molecule has 9 heteroatoms. The summed E-state index contributed by atoms with van der Waals surface area (Å²) in [6.07, 6.45) is 6.06. The summed E-state index contributed by atoms with van der Waals surface area (Å²) in [5.41, 5.74) is 4.07. The zero-order valence-corrected chi connectivity index (χ0v) is 19.0. The summed E-state index contributed by atoms with van der Waals surface area (Å²) in [7, 11) is 1.65. The van der Waals surface area contributed by atoms with Gasteiger partial charge in [0.25, 0.3) is 0 Å². The molecule has 0 unspecified atom stereocenters. The summed E-state index contributed by atoms with van der Waals surface area (Å²) < 4.78 is 8.53. The molecule has 34 heavy (non-hydrogen) atoms. The van der Waals surface area contributed by atoms with Crippen molar-refractivity contribution in [2.75, 3.05) is 13.7 Å². The normalized spacial score (nSPS) is 13.7. The van der Waals surface area contributed by atoms with Gasteiger partial charge in [-0.1, -0.05) is 19.6 Å². The topological polar surface area (TPSA) is 77.5 Å². The van der Waals surface area contributed by atoms with Gasteiger partial charge in [-0.3, -0.25) is 14.5 Å². The van der Waals surface area contributed by atoms with Crippen LogP contribution < -0.4 is 10.4 Å². The maximum absolute atomic E-state index is 13.3. The molecule has 1 aliphatic heterocycles. The molecule has 8 nitrogen and oxygen atoms in total. The van der Waals surface area contributed by atoms with Crippen molar-refractivity contribution < 1.29 is 4.74 Å². The van der Waals surface area contributed by atoms with Gasteiger partial charge in [0.05, 0.1) is 19.0 Å². The van der Waals surface area contributed by atoms with E-state index in [1.165, 1.54) is 26.8 Å². The first-order chi connectivity index (χ1) is 16.2. The van der Waals surface area contributed by atoms with Crippen LogP contribution in [0.2, 0.25) is 0 Å². The number of methoxy groups -OCH3 is 1. The van der Waals surface area contributed by atoms with Gasteiger partial charge in [0.1, 0.15) is 16.9 Å². The molecule has 1 aromatic carbocycles. The fourth-order valence-corrected chi connectivity index (χ4v) is 5.93. The van der Waals surface area contributed by atoms with Gasteiger partial charge < -0.3 is 4.74 Å². The van der Waals surface area contributed by atoms with Crippen molar-refractivity contribution in [1.82, 2.24) is 29.0 Å². The second-order valence-electron chi connectivity index (χ2n) is 8.21. The molecule has 0 amide bonds. The number of ether oxygens (including phenoxy) is 1. The molecule has 5 aromatic rings. The number of fused-ring (bicyclic) bond motifs is 5. The number of hydrogen-bond donors (Lipinski definition) is 0. The van der Waals surface area contributed by atoms with Crippen molar-refractivity contribution in [2.45, 2.75) is 33.5 Å². The predicted octanol–water partition coefficient (Wildman–Crippen LogP) is 3.75. The Balaban J connectivity index is 0.00000241. The van der Waals surface area contributed by atoms with E-state index in [2.05, 4.69) is 32.1 Å². The van der Waals surface area contributed by atoms with E-state index in [9.17, 15) is 4.79 Å². The SMILES string of the molecule is C.COc1ccc(Cn2c(=O)n3ncnc3c3c4c(sc32)CN(Cc2ccncc2)CC4)cc1. The number of hydrogen-bond acceptors (Lipinski definition) is 7. The summed E-state index contributed by atoms with van der Waals surface area (Å²) in [5, 5.41) is 5.30. The van der Waals surface area contributed by atoms with E-state index in [-0.39, 0.29) is 13.1 Å². The third-order valence-electron chi connectivity index (χ3n) is 6.20. The number of benzene rings is 1. The van der Waals surface area contributed by atoms with Crippen LogP contribution in [0.1, 0.15) is 29.0 Å². The molecule has 0 aliphatic carbocycles. The smallest absolute Gasteiger partial charge is 0.352 e. The summed E-state index contributed by atoms with van der Waals surface area (Å²) in [6, 6.07) is 11.9. The summed E-state index contributed by atoms with van der Waals surface area (Å²) in [6.45, 7) is 3.16. The second kappa shape index (κ2) is 9.00. The van der Waals surface area contributed by atoms with Gasteiger partial charge in [0, 0.05) is 36.9 Å². The van der Waals surface area contributed by atoms with Gasteiger partial charge in [-0.15, -0.1) is 11.3 Å². The molecule has 0 fully saturated rings. The highest BCUT2D eigenvalue weighted by Gasteiger charge is 2.26. The van der Waals surface area contributed by atoms with E-state index in [0.29, 0.717) is 12.2 Å². The molecule has 0 spiro atoms. The Morgan fingerprint density at radius 2 is 1.82 bits per heavy atom. The molecule has 0 saturated carbocycles. The number of aromatic nitrogens is 5. The van der Waals surface area contributed by atoms with E-state index in [0.717, 1.165) is 47.6 Å². The van der Waals surface area contributed by atoms with Gasteiger partial charge in [0.2, 0.25) is 0 Å². The maximum atomic E-state index is 13.3.